The molecule has 0 amide bonds. The van der Waals surface area contributed by atoms with Crippen LogP contribution < -0.4 is 5.73 Å². The first kappa shape index (κ1) is 14.1. The van der Waals surface area contributed by atoms with E-state index in [1.807, 2.05) is 25.5 Å². The highest BCUT2D eigenvalue weighted by Crippen LogP contribution is 2.33. The van der Waals surface area contributed by atoms with Crippen LogP contribution in [0.3, 0.4) is 0 Å². The predicted molar refractivity (Wildman–Crippen MR) is 85.7 cm³/mol. The van der Waals surface area contributed by atoms with Crippen molar-refractivity contribution in [3.05, 3.63) is 21.3 Å². The number of hydrogen-bond donors (Lipinski definition) is 1. The summed E-state index contributed by atoms with van der Waals surface area (Å²) in [5, 5.41) is 5.61. The van der Waals surface area contributed by atoms with E-state index in [9.17, 15) is 0 Å². The Morgan fingerprint density at radius 1 is 1.19 bits per heavy atom. The fourth-order valence-corrected chi connectivity index (χ4v) is 3.83. The summed E-state index contributed by atoms with van der Waals surface area (Å²) in [5.74, 6) is 0.533. The minimum absolute atomic E-state index is 0.0996. The number of hydrogen-bond acceptors (Lipinski definition) is 5. The van der Waals surface area contributed by atoms with Gasteiger partial charge in [0.1, 0.15) is 5.52 Å². The van der Waals surface area contributed by atoms with Crippen molar-refractivity contribution in [2.24, 2.45) is 0 Å². The van der Waals surface area contributed by atoms with Gasteiger partial charge in [-0.3, -0.25) is 4.57 Å². The van der Waals surface area contributed by atoms with Gasteiger partial charge in [0.15, 0.2) is 5.65 Å². The van der Waals surface area contributed by atoms with Crippen molar-refractivity contribution in [2.45, 2.75) is 47.2 Å². The van der Waals surface area contributed by atoms with E-state index in [4.69, 9.17) is 5.73 Å². The number of nitrogen functional groups attached to an aromatic ring is 1. The lowest BCUT2D eigenvalue weighted by Gasteiger charge is -2.15. The average molecular weight is 304 g/mol. The van der Waals surface area contributed by atoms with Gasteiger partial charge in [-0.2, -0.15) is 5.10 Å². The summed E-state index contributed by atoms with van der Waals surface area (Å²) in [7, 11) is 0. The number of anilines is 1. The first-order valence-corrected chi connectivity index (χ1v) is 7.90. The molecule has 0 aliphatic heterocycles. The third kappa shape index (κ3) is 2.03. The topological polar surface area (TPSA) is 74.6 Å². The average Bonchev–Trinajstić information content (AvgIpc) is 3.03. The molecular weight excluding hydrogens is 284 g/mol. The Morgan fingerprint density at radius 2 is 1.90 bits per heavy atom. The molecule has 0 radical (unpaired) electrons. The molecule has 0 aliphatic carbocycles. The van der Waals surface area contributed by atoms with E-state index in [-0.39, 0.29) is 6.04 Å². The Labute approximate surface area is 127 Å². The first-order chi connectivity index (χ1) is 9.93. The second kappa shape index (κ2) is 4.84. The van der Waals surface area contributed by atoms with Gasteiger partial charge in [-0.25, -0.2) is 14.6 Å². The number of rotatable bonds is 3. The van der Waals surface area contributed by atoms with Crippen LogP contribution in [-0.2, 0) is 6.54 Å². The van der Waals surface area contributed by atoms with E-state index in [2.05, 4.69) is 33.5 Å². The van der Waals surface area contributed by atoms with Crippen molar-refractivity contribution >= 4 is 28.4 Å². The van der Waals surface area contributed by atoms with Crippen molar-refractivity contribution in [3.63, 3.8) is 0 Å². The number of fused-ring (bicyclic) bond motifs is 1. The number of nitrogens with two attached hydrogens (primary N) is 1. The monoisotopic (exact) mass is 304 g/mol. The second-order valence-electron chi connectivity index (χ2n) is 5.27. The zero-order chi connectivity index (χ0) is 15.3. The van der Waals surface area contributed by atoms with Crippen LogP contribution >= 0.6 is 11.3 Å². The third-order valence-corrected chi connectivity index (χ3v) is 5.02. The van der Waals surface area contributed by atoms with Crippen LogP contribution in [-0.4, -0.2) is 24.3 Å². The van der Waals surface area contributed by atoms with Crippen LogP contribution in [0, 0.1) is 20.8 Å². The predicted octanol–water partition coefficient (Wildman–Crippen LogP) is 2.83. The first-order valence-electron chi connectivity index (χ1n) is 7.08. The van der Waals surface area contributed by atoms with Gasteiger partial charge in [0, 0.05) is 6.54 Å². The summed E-state index contributed by atoms with van der Waals surface area (Å²) in [6.07, 6.45) is 0. The van der Waals surface area contributed by atoms with Crippen molar-refractivity contribution < 1.29 is 0 Å². The maximum Gasteiger partial charge on any atom is 0.203 e. The molecule has 0 fully saturated rings. The van der Waals surface area contributed by atoms with Crippen LogP contribution in [0.5, 0.6) is 0 Å². The van der Waals surface area contributed by atoms with Crippen LogP contribution in [0.4, 0.5) is 5.95 Å². The van der Waals surface area contributed by atoms with E-state index in [0.717, 1.165) is 34.1 Å². The van der Waals surface area contributed by atoms with Crippen molar-refractivity contribution in [3.8, 4) is 0 Å². The van der Waals surface area contributed by atoms with Gasteiger partial charge in [-0.15, -0.1) is 11.3 Å². The maximum atomic E-state index is 6.18. The highest BCUT2D eigenvalue weighted by molar-refractivity contribution is 7.11. The van der Waals surface area contributed by atoms with Crippen molar-refractivity contribution in [1.82, 2.24) is 24.3 Å². The Bertz CT molecular complexity index is 809. The molecule has 2 N–H and O–H groups in total. The molecule has 3 aromatic rings. The van der Waals surface area contributed by atoms with E-state index in [0.29, 0.717) is 5.95 Å². The molecule has 0 saturated heterocycles. The summed E-state index contributed by atoms with van der Waals surface area (Å²) in [4.78, 5) is 10.2. The van der Waals surface area contributed by atoms with Gasteiger partial charge in [-0.1, -0.05) is 0 Å². The largest absolute Gasteiger partial charge is 0.369 e. The zero-order valence-electron chi connectivity index (χ0n) is 13.0. The lowest BCUT2D eigenvalue weighted by atomic mass is 10.2. The van der Waals surface area contributed by atoms with Gasteiger partial charge in [0.05, 0.1) is 27.3 Å². The SMILES string of the molecule is CCn1nc(C)c2nc(N)n(C(C)c3sc(C)nc3C)c21. The minimum atomic E-state index is 0.0996. The molecule has 0 aliphatic rings. The summed E-state index contributed by atoms with van der Waals surface area (Å²) in [6.45, 7) is 11.1. The molecule has 3 aromatic heterocycles. The Morgan fingerprint density at radius 3 is 2.48 bits per heavy atom. The summed E-state index contributed by atoms with van der Waals surface area (Å²) in [6, 6.07) is 0.0996. The highest BCUT2D eigenvalue weighted by atomic mass is 32.1. The third-order valence-electron chi connectivity index (χ3n) is 3.78. The summed E-state index contributed by atoms with van der Waals surface area (Å²) < 4.78 is 4.03. The number of aromatic nitrogens is 5. The van der Waals surface area contributed by atoms with Crippen LogP contribution in [0.2, 0.25) is 0 Å². The van der Waals surface area contributed by atoms with Gasteiger partial charge >= 0.3 is 0 Å². The fourth-order valence-electron chi connectivity index (χ4n) is 2.86. The van der Waals surface area contributed by atoms with Gasteiger partial charge in [0.2, 0.25) is 5.95 Å². The van der Waals surface area contributed by atoms with E-state index >= 15 is 0 Å². The molecular formula is C14H20N6S. The minimum Gasteiger partial charge on any atom is -0.369 e. The number of nitrogens with zero attached hydrogens (tertiary/aromatic N) is 5. The van der Waals surface area contributed by atoms with Gasteiger partial charge in [-0.05, 0) is 34.6 Å². The summed E-state index contributed by atoms with van der Waals surface area (Å²) >= 11 is 1.71. The van der Waals surface area contributed by atoms with E-state index in [1.165, 1.54) is 4.88 Å². The summed E-state index contributed by atoms with van der Waals surface area (Å²) in [5.41, 5.74) is 10.0. The van der Waals surface area contributed by atoms with Crippen LogP contribution in [0.1, 0.15) is 41.2 Å². The Hall–Kier alpha value is -1.89. The lowest BCUT2D eigenvalue weighted by Crippen LogP contribution is -2.13. The van der Waals surface area contributed by atoms with Crippen molar-refractivity contribution in [1.29, 1.82) is 0 Å². The molecule has 7 heteroatoms. The highest BCUT2D eigenvalue weighted by Gasteiger charge is 2.23. The number of aryl methyl sites for hydroxylation is 4. The normalized spacial score (nSPS) is 13.2. The Kier molecular flexibility index (Phi) is 3.24. The molecule has 1 unspecified atom stereocenters. The van der Waals surface area contributed by atoms with Crippen LogP contribution in [0.15, 0.2) is 0 Å². The van der Waals surface area contributed by atoms with Gasteiger partial charge < -0.3 is 5.73 Å². The van der Waals surface area contributed by atoms with E-state index in [1.54, 1.807) is 11.3 Å². The number of imidazole rings is 1. The molecule has 6 nitrogen and oxygen atoms in total. The molecule has 0 saturated carbocycles. The molecule has 0 bridgehead atoms. The van der Waals surface area contributed by atoms with E-state index < -0.39 is 0 Å². The molecule has 3 rings (SSSR count). The quantitative estimate of drug-likeness (QED) is 0.807. The maximum absolute atomic E-state index is 6.18. The molecule has 1 atom stereocenters. The zero-order valence-corrected chi connectivity index (χ0v) is 13.8. The molecule has 112 valence electrons. The smallest absolute Gasteiger partial charge is 0.203 e. The fraction of sp³-hybridized carbons (Fsp3) is 0.500. The second-order valence-corrected chi connectivity index (χ2v) is 6.51. The standard InChI is InChI=1S/C14H20N6S/c1-6-19-13-11(7(2)18-19)17-14(15)20(13)9(4)12-8(3)16-10(5)21-12/h9H,6H2,1-5H3,(H2,15,17). The van der Waals surface area contributed by atoms with Crippen LogP contribution in [0.25, 0.3) is 11.2 Å². The molecule has 21 heavy (non-hydrogen) atoms. The number of thiazole rings is 1. The molecule has 3 heterocycles. The van der Waals surface area contributed by atoms with Gasteiger partial charge in [0.25, 0.3) is 0 Å². The molecule has 0 spiro atoms. The lowest BCUT2D eigenvalue weighted by molar-refractivity contribution is 0.610. The van der Waals surface area contributed by atoms with Crippen molar-refractivity contribution in [2.75, 3.05) is 5.73 Å². The molecule has 0 aromatic carbocycles. The Balaban J connectivity index is 2.24.